The minimum absolute atomic E-state index is 0.124. The molecular formula is C18H18FN3O3. The number of aromatic nitrogens is 1. The topological polar surface area (TPSA) is 84.2 Å². The zero-order valence-corrected chi connectivity index (χ0v) is 14.0. The van der Waals surface area contributed by atoms with Crippen molar-refractivity contribution in [1.29, 1.82) is 5.26 Å². The average Bonchev–Trinajstić information content (AvgIpc) is 2.91. The molecule has 1 aromatic carbocycles. The van der Waals surface area contributed by atoms with E-state index in [9.17, 15) is 14.4 Å². The van der Waals surface area contributed by atoms with Crippen molar-refractivity contribution in [3.8, 4) is 17.7 Å². The molecule has 3 rings (SSSR count). The second kappa shape index (κ2) is 6.93. The summed E-state index contributed by atoms with van der Waals surface area (Å²) in [7, 11) is 1.49. The van der Waals surface area contributed by atoms with Crippen LogP contribution in [-0.2, 0) is 4.79 Å². The quantitative estimate of drug-likeness (QED) is 0.901. The molecule has 25 heavy (non-hydrogen) atoms. The molecule has 7 heteroatoms. The maximum atomic E-state index is 13.9. The van der Waals surface area contributed by atoms with Crippen molar-refractivity contribution >= 4 is 16.7 Å². The molecule has 0 radical (unpaired) electrons. The number of hydrogen-bond acceptors (Lipinski definition) is 5. The number of nitrogens with one attached hydrogen (secondary N) is 1. The zero-order chi connectivity index (χ0) is 18.0. The van der Waals surface area contributed by atoms with Crippen LogP contribution in [0.25, 0.3) is 10.8 Å². The SMILES string of the molecule is CCC1C(F)C(=O)N[C@@H]1COc1nccc2cc(C#N)c(OC)cc12. The van der Waals surface area contributed by atoms with E-state index in [0.717, 1.165) is 5.39 Å². The molecule has 1 saturated heterocycles. The van der Waals surface area contributed by atoms with Crippen molar-refractivity contribution in [2.24, 2.45) is 5.92 Å². The molecule has 2 heterocycles. The molecule has 2 unspecified atom stereocenters. The summed E-state index contributed by atoms with van der Waals surface area (Å²) in [6.45, 7) is 1.97. The van der Waals surface area contributed by atoms with E-state index < -0.39 is 24.0 Å². The van der Waals surface area contributed by atoms with Gasteiger partial charge in [0.15, 0.2) is 6.17 Å². The lowest BCUT2D eigenvalue weighted by Gasteiger charge is -2.18. The van der Waals surface area contributed by atoms with Gasteiger partial charge in [-0.25, -0.2) is 9.37 Å². The molecule has 0 aliphatic carbocycles. The van der Waals surface area contributed by atoms with Gasteiger partial charge in [-0.1, -0.05) is 6.92 Å². The van der Waals surface area contributed by atoms with Crippen LogP contribution in [-0.4, -0.2) is 36.8 Å². The smallest absolute Gasteiger partial charge is 0.255 e. The molecule has 2 aromatic rings. The number of alkyl halides is 1. The summed E-state index contributed by atoms with van der Waals surface area (Å²) in [5.74, 6) is -0.224. The Labute approximate surface area is 144 Å². The molecule has 1 N–H and O–H groups in total. The standard InChI is InChI=1S/C18H18FN3O3/c1-3-12-14(22-17(23)16(12)19)9-25-18-13-7-15(24-2)11(8-20)6-10(13)4-5-21-18/h4-7,12,14,16H,3,9H2,1-2H3,(H,22,23)/t12?,14-,16?/m1/s1. The monoisotopic (exact) mass is 343 g/mol. The fourth-order valence-electron chi connectivity index (χ4n) is 3.14. The Morgan fingerprint density at radius 3 is 2.92 bits per heavy atom. The van der Waals surface area contributed by atoms with Crippen LogP contribution in [0.5, 0.6) is 11.6 Å². The lowest BCUT2D eigenvalue weighted by molar-refractivity contribution is -0.123. The third-order valence-electron chi connectivity index (χ3n) is 4.51. The Bertz CT molecular complexity index is 849. The maximum Gasteiger partial charge on any atom is 0.255 e. The zero-order valence-electron chi connectivity index (χ0n) is 14.0. The van der Waals surface area contributed by atoms with E-state index in [2.05, 4.69) is 16.4 Å². The summed E-state index contributed by atoms with van der Waals surface area (Å²) in [6.07, 6.45) is 0.613. The van der Waals surface area contributed by atoms with Gasteiger partial charge in [0.25, 0.3) is 5.91 Å². The Balaban J connectivity index is 1.87. The lowest BCUT2D eigenvalue weighted by Crippen LogP contribution is -2.34. The maximum absolute atomic E-state index is 13.9. The third-order valence-corrected chi connectivity index (χ3v) is 4.51. The van der Waals surface area contributed by atoms with Gasteiger partial charge >= 0.3 is 0 Å². The first-order chi connectivity index (χ1) is 12.1. The predicted octanol–water partition coefficient (Wildman–Crippen LogP) is 2.36. The molecule has 0 bridgehead atoms. The van der Waals surface area contributed by atoms with Crippen molar-refractivity contribution in [3.63, 3.8) is 0 Å². The van der Waals surface area contributed by atoms with Crippen LogP contribution in [0.15, 0.2) is 24.4 Å². The summed E-state index contributed by atoms with van der Waals surface area (Å²) in [5, 5.41) is 13.3. The Morgan fingerprint density at radius 2 is 2.24 bits per heavy atom. The van der Waals surface area contributed by atoms with Gasteiger partial charge in [0.1, 0.15) is 18.4 Å². The Kier molecular flexibility index (Phi) is 4.70. The molecule has 130 valence electrons. The fourth-order valence-corrected chi connectivity index (χ4v) is 3.14. The van der Waals surface area contributed by atoms with E-state index >= 15 is 0 Å². The molecule has 1 amide bonds. The normalized spacial score (nSPS) is 22.5. The van der Waals surface area contributed by atoms with Gasteiger partial charge in [-0.3, -0.25) is 4.79 Å². The van der Waals surface area contributed by atoms with E-state index in [1.807, 2.05) is 6.92 Å². The Morgan fingerprint density at radius 1 is 1.44 bits per heavy atom. The number of benzene rings is 1. The van der Waals surface area contributed by atoms with Gasteiger partial charge in [-0.05, 0) is 30.0 Å². The second-order valence-corrected chi connectivity index (χ2v) is 5.90. The molecule has 1 aromatic heterocycles. The molecule has 1 fully saturated rings. The summed E-state index contributed by atoms with van der Waals surface area (Å²) in [6, 6.07) is 6.85. The largest absolute Gasteiger partial charge is 0.495 e. The highest BCUT2D eigenvalue weighted by molar-refractivity contribution is 5.89. The summed E-state index contributed by atoms with van der Waals surface area (Å²) in [4.78, 5) is 15.7. The van der Waals surface area contributed by atoms with Crippen LogP contribution >= 0.6 is 0 Å². The highest BCUT2D eigenvalue weighted by Crippen LogP contribution is 2.31. The van der Waals surface area contributed by atoms with Crippen molar-refractivity contribution < 1.29 is 18.7 Å². The third kappa shape index (κ3) is 3.07. The van der Waals surface area contributed by atoms with Crippen molar-refractivity contribution in [2.75, 3.05) is 13.7 Å². The molecule has 1 aliphatic heterocycles. The number of nitrogens with zero attached hydrogens (tertiary/aromatic N) is 2. The first-order valence-corrected chi connectivity index (χ1v) is 8.03. The molecule has 0 saturated carbocycles. The predicted molar refractivity (Wildman–Crippen MR) is 89.1 cm³/mol. The van der Waals surface area contributed by atoms with Crippen LogP contribution < -0.4 is 14.8 Å². The molecule has 3 atom stereocenters. The highest BCUT2D eigenvalue weighted by Gasteiger charge is 2.41. The number of rotatable bonds is 5. The first kappa shape index (κ1) is 17.0. The number of carbonyl (C=O) groups excluding carboxylic acids is 1. The molecule has 1 aliphatic rings. The lowest BCUT2D eigenvalue weighted by atomic mass is 9.97. The van der Waals surface area contributed by atoms with E-state index in [0.29, 0.717) is 29.0 Å². The fraction of sp³-hybridized carbons (Fsp3) is 0.389. The number of hydrogen-bond donors (Lipinski definition) is 1. The highest BCUT2D eigenvalue weighted by atomic mass is 19.1. The first-order valence-electron chi connectivity index (χ1n) is 8.03. The second-order valence-electron chi connectivity index (χ2n) is 5.90. The van der Waals surface area contributed by atoms with Crippen LogP contribution in [0.3, 0.4) is 0 Å². The number of ether oxygens (including phenoxy) is 2. The van der Waals surface area contributed by atoms with Crippen LogP contribution in [0.4, 0.5) is 4.39 Å². The van der Waals surface area contributed by atoms with Gasteiger partial charge in [0, 0.05) is 17.5 Å². The number of methoxy groups -OCH3 is 1. The number of amides is 1. The number of fused-ring (bicyclic) bond motifs is 1. The van der Waals surface area contributed by atoms with Crippen LogP contribution in [0.1, 0.15) is 18.9 Å². The van der Waals surface area contributed by atoms with Crippen molar-refractivity contribution in [2.45, 2.75) is 25.6 Å². The molecule has 0 spiro atoms. The average molecular weight is 343 g/mol. The number of halogens is 1. The summed E-state index contributed by atoms with van der Waals surface area (Å²) < 4.78 is 24.9. The van der Waals surface area contributed by atoms with E-state index in [-0.39, 0.29) is 6.61 Å². The summed E-state index contributed by atoms with van der Waals surface area (Å²) >= 11 is 0. The number of carbonyl (C=O) groups is 1. The van der Waals surface area contributed by atoms with Crippen LogP contribution in [0.2, 0.25) is 0 Å². The van der Waals surface area contributed by atoms with Gasteiger partial charge in [-0.2, -0.15) is 5.26 Å². The van der Waals surface area contributed by atoms with Crippen molar-refractivity contribution in [3.05, 3.63) is 30.0 Å². The Hall–Kier alpha value is -2.88. The summed E-state index contributed by atoms with van der Waals surface area (Å²) in [5.41, 5.74) is 0.418. The van der Waals surface area contributed by atoms with Gasteiger partial charge < -0.3 is 14.8 Å². The van der Waals surface area contributed by atoms with Gasteiger partial charge in [0.05, 0.1) is 18.7 Å². The molecule has 6 nitrogen and oxygen atoms in total. The van der Waals surface area contributed by atoms with E-state index in [1.54, 1.807) is 24.4 Å². The van der Waals surface area contributed by atoms with Gasteiger partial charge in [-0.15, -0.1) is 0 Å². The van der Waals surface area contributed by atoms with Gasteiger partial charge in [0.2, 0.25) is 5.88 Å². The van der Waals surface area contributed by atoms with E-state index in [4.69, 9.17) is 9.47 Å². The van der Waals surface area contributed by atoms with E-state index in [1.165, 1.54) is 7.11 Å². The number of nitriles is 1. The minimum Gasteiger partial charge on any atom is -0.495 e. The minimum atomic E-state index is -1.50. The molecular weight excluding hydrogens is 325 g/mol. The van der Waals surface area contributed by atoms with Crippen LogP contribution in [0, 0.1) is 17.2 Å². The number of pyridine rings is 1. The van der Waals surface area contributed by atoms with Crippen molar-refractivity contribution in [1.82, 2.24) is 10.3 Å².